The highest BCUT2D eigenvalue weighted by Crippen LogP contribution is 2.43. The number of nitrogens with one attached hydrogen (secondary N) is 1. The number of aromatic nitrogens is 4. The minimum Gasteiger partial charge on any atom is -0.477 e. The van der Waals surface area contributed by atoms with Crippen LogP contribution < -0.4 is 10.2 Å². The largest absolute Gasteiger partial charge is 0.477 e. The molecule has 3 unspecified atom stereocenters. The minimum absolute atomic E-state index is 0.425. The van der Waals surface area contributed by atoms with Gasteiger partial charge < -0.3 is 9.75 Å². The topological polar surface area (TPSA) is 68.1 Å². The lowest BCUT2D eigenvalue weighted by atomic mass is 10.1. The van der Waals surface area contributed by atoms with Gasteiger partial charge in [-0.3, -0.25) is 4.68 Å². The predicted molar refractivity (Wildman–Crippen MR) is 89.9 cm³/mol. The van der Waals surface area contributed by atoms with Crippen molar-refractivity contribution in [3.05, 3.63) is 36.7 Å². The second-order valence-corrected chi connectivity index (χ2v) is 6.62. The number of hydrogen-bond acceptors (Lipinski definition) is 6. The van der Waals surface area contributed by atoms with E-state index < -0.39 is 0 Å². The molecule has 7 heteroatoms. The first-order valence-corrected chi connectivity index (χ1v) is 8.23. The first-order chi connectivity index (χ1) is 11.6. The van der Waals surface area contributed by atoms with Crippen molar-refractivity contribution in [2.75, 3.05) is 13.7 Å². The molecule has 24 heavy (non-hydrogen) atoms. The summed E-state index contributed by atoms with van der Waals surface area (Å²) >= 11 is 0. The molecular formula is C17H22N6O. The Hall–Kier alpha value is -2.41. The van der Waals surface area contributed by atoms with E-state index in [1.165, 1.54) is 6.42 Å². The Bertz CT molecular complexity index is 770. The van der Waals surface area contributed by atoms with Gasteiger partial charge in [0.1, 0.15) is 5.82 Å². The van der Waals surface area contributed by atoms with Crippen LogP contribution in [0.3, 0.4) is 0 Å². The Balaban J connectivity index is 1.43. The van der Waals surface area contributed by atoms with Crippen LogP contribution in [0, 0.1) is 18.8 Å². The molecule has 2 aromatic heterocycles. The molecule has 0 aromatic carbocycles. The Labute approximate surface area is 141 Å². The lowest BCUT2D eigenvalue weighted by Crippen LogP contribution is -2.34. The molecule has 1 aliphatic carbocycles. The van der Waals surface area contributed by atoms with E-state index in [1.54, 1.807) is 4.68 Å². The van der Waals surface area contributed by atoms with Gasteiger partial charge in [0.25, 0.3) is 0 Å². The van der Waals surface area contributed by atoms with Crippen LogP contribution in [-0.4, -0.2) is 44.5 Å². The van der Waals surface area contributed by atoms with E-state index in [9.17, 15) is 0 Å². The fraction of sp³-hybridized carbons (Fsp3) is 0.471. The van der Waals surface area contributed by atoms with Crippen LogP contribution in [0.1, 0.15) is 12.2 Å². The molecule has 0 bridgehead atoms. The molecule has 0 saturated heterocycles. The van der Waals surface area contributed by atoms with Crippen LogP contribution in [0.5, 0.6) is 5.88 Å². The van der Waals surface area contributed by atoms with Gasteiger partial charge in [0.15, 0.2) is 0 Å². The van der Waals surface area contributed by atoms with E-state index in [0.29, 0.717) is 36.2 Å². The van der Waals surface area contributed by atoms with Crippen molar-refractivity contribution in [2.45, 2.75) is 19.4 Å². The average Bonchev–Trinajstić information content (AvgIpc) is 2.99. The second kappa shape index (κ2) is 5.90. The van der Waals surface area contributed by atoms with Gasteiger partial charge >= 0.3 is 0 Å². The van der Waals surface area contributed by atoms with Crippen LogP contribution in [0.2, 0.25) is 0 Å². The molecule has 1 aliphatic heterocycles. The Kier molecular flexibility index (Phi) is 3.72. The molecule has 3 atom stereocenters. The molecule has 3 heterocycles. The monoisotopic (exact) mass is 326 g/mol. The van der Waals surface area contributed by atoms with Gasteiger partial charge in [-0.05, 0) is 31.3 Å². The summed E-state index contributed by atoms with van der Waals surface area (Å²) in [5.41, 5.74) is 5.29. The quantitative estimate of drug-likeness (QED) is 0.899. The maximum Gasteiger partial charge on any atom is 0.224 e. The number of nitrogens with zero attached hydrogens (tertiary/aromatic N) is 5. The predicted octanol–water partition coefficient (Wildman–Crippen LogP) is 1.53. The molecule has 2 aliphatic rings. The van der Waals surface area contributed by atoms with E-state index >= 15 is 0 Å². The van der Waals surface area contributed by atoms with E-state index in [2.05, 4.69) is 32.8 Å². The fourth-order valence-corrected chi connectivity index (χ4v) is 3.19. The molecule has 0 amide bonds. The van der Waals surface area contributed by atoms with Crippen LogP contribution in [0.4, 0.5) is 0 Å². The zero-order valence-corrected chi connectivity index (χ0v) is 14.2. The van der Waals surface area contributed by atoms with Gasteiger partial charge in [0.2, 0.25) is 5.88 Å². The standard InChI is InChI=1S/C17H22N6O/c1-11-18-8-15(13-7-19-23(3)9-13)17(20-11)24-10-12-6-14(12)16-4-5-22(2)21-16/h4-5,7-9,12,14,16,21H,6,10H2,1-3H3. The van der Waals surface area contributed by atoms with Gasteiger partial charge in [-0.2, -0.15) is 10.1 Å². The normalized spacial score (nSPS) is 25.3. The third kappa shape index (κ3) is 2.99. The van der Waals surface area contributed by atoms with Crippen LogP contribution in [-0.2, 0) is 7.05 Å². The summed E-state index contributed by atoms with van der Waals surface area (Å²) in [4.78, 5) is 8.79. The first-order valence-electron chi connectivity index (χ1n) is 8.23. The number of hydrazine groups is 1. The number of hydrogen-bond donors (Lipinski definition) is 1. The summed E-state index contributed by atoms with van der Waals surface area (Å²) in [6.07, 6.45) is 11.1. The molecule has 1 fully saturated rings. The summed E-state index contributed by atoms with van der Waals surface area (Å²) in [5, 5.41) is 6.23. The Morgan fingerprint density at radius 3 is 2.92 bits per heavy atom. The molecule has 1 N–H and O–H groups in total. The first kappa shape index (κ1) is 15.1. The second-order valence-electron chi connectivity index (χ2n) is 6.62. The van der Waals surface area contributed by atoms with Crippen molar-refractivity contribution < 1.29 is 4.74 Å². The van der Waals surface area contributed by atoms with Crippen molar-refractivity contribution in [1.82, 2.24) is 30.2 Å². The highest BCUT2D eigenvalue weighted by atomic mass is 16.5. The molecule has 7 nitrogen and oxygen atoms in total. The Morgan fingerprint density at radius 1 is 1.33 bits per heavy atom. The average molecular weight is 326 g/mol. The maximum atomic E-state index is 6.07. The summed E-state index contributed by atoms with van der Waals surface area (Å²) in [7, 11) is 3.92. The SMILES string of the molecule is Cc1ncc(-c2cnn(C)c2)c(OCC2CC2C2C=CN(C)N2)n1. The lowest BCUT2D eigenvalue weighted by molar-refractivity contribution is 0.264. The van der Waals surface area contributed by atoms with E-state index in [0.717, 1.165) is 11.1 Å². The van der Waals surface area contributed by atoms with Crippen molar-refractivity contribution in [3.63, 3.8) is 0 Å². The van der Waals surface area contributed by atoms with Crippen molar-refractivity contribution in [3.8, 4) is 17.0 Å². The van der Waals surface area contributed by atoms with Crippen molar-refractivity contribution in [1.29, 1.82) is 0 Å². The van der Waals surface area contributed by atoms with Gasteiger partial charge in [0.05, 0.1) is 18.4 Å². The summed E-state index contributed by atoms with van der Waals surface area (Å²) in [6, 6.07) is 0.425. The fourth-order valence-electron chi connectivity index (χ4n) is 3.19. The van der Waals surface area contributed by atoms with Crippen LogP contribution in [0.25, 0.3) is 11.1 Å². The number of aryl methyl sites for hydroxylation is 2. The molecule has 126 valence electrons. The Morgan fingerprint density at radius 2 is 2.21 bits per heavy atom. The van der Waals surface area contributed by atoms with Gasteiger partial charge in [-0.15, -0.1) is 0 Å². The molecule has 2 aromatic rings. The van der Waals surface area contributed by atoms with Crippen LogP contribution >= 0.6 is 0 Å². The van der Waals surface area contributed by atoms with Crippen LogP contribution in [0.15, 0.2) is 30.9 Å². The third-order valence-corrected chi connectivity index (χ3v) is 4.63. The molecule has 0 spiro atoms. The van der Waals surface area contributed by atoms with Crippen molar-refractivity contribution in [2.24, 2.45) is 18.9 Å². The van der Waals surface area contributed by atoms with Gasteiger partial charge in [-0.25, -0.2) is 10.4 Å². The molecule has 1 saturated carbocycles. The van der Waals surface area contributed by atoms with E-state index in [-0.39, 0.29) is 0 Å². The van der Waals surface area contributed by atoms with E-state index in [4.69, 9.17) is 4.74 Å². The van der Waals surface area contributed by atoms with Crippen molar-refractivity contribution >= 4 is 0 Å². The minimum atomic E-state index is 0.425. The highest BCUT2D eigenvalue weighted by molar-refractivity contribution is 5.66. The molecule has 0 radical (unpaired) electrons. The number of rotatable bonds is 5. The summed E-state index contributed by atoms with van der Waals surface area (Å²) in [6.45, 7) is 2.56. The lowest BCUT2D eigenvalue weighted by Gasteiger charge is -2.15. The smallest absolute Gasteiger partial charge is 0.224 e. The molecular weight excluding hydrogens is 304 g/mol. The summed E-state index contributed by atoms with van der Waals surface area (Å²) < 4.78 is 7.84. The highest BCUT2D eigenvalue weighted by Gasteiger charge is 2.44. The van der Waals surface area contributed by atoms with E-state index in [1.807, 2.05) is 44.6 Å². The van der Waals surface area contributed by atoms with Gasteiger partial charge in [0, 0.05) is 44.3 Å². The zero-order chi connectivity index (χ0) is 16.7. The third-order valence-electron chi connectivity index (χ3n) is 4.63. The maximum absolute atomic E-state index is 6.07. The zero-order valence-electron chi connectivity index (χ0n) is 14.2. The molecule has 4 rings (SSSR count). The van der Waals surface area contributed by atoms with Gasteiger partial charge in [-0.1, -0.05) is 0 Å². The number of ether oxygens (including phenoxy) is 1. The summed E-state index contributed by atoms with van der Waals surface area (Å²) in [5.74, 6) is 2.56.